The molecule has 7 heteroatoms. The van der Waals surface area contributed by atoms with Crippen LogP contribution in [-0.4, -0.2) is 29.6 Å². The van der Waals surface area contributed by atoms with Gasteiger partial charge in [0.25, 0.3) is 0 Å². The Kier molecular flexibility index (Phi) is 5.13. The number of thiophene rings is 1. The van der Waals surface area contributed by atoms with Crippen molar-refractivity contribution in [3.8, 4) is 11.1 Å². The molecule has 6 nitrogen and oxygen atoms in total. The molecular formula is C16H15NO5S. The molecule has 1 aromatic carbocycles. The highest BCUT2D eigenvalue weighted by Crippen LogP contribution is 2.36. The molecule has 0 radical (unpaired) electrons. The zero-order valence-electron chi connectivity index (χ0n) is 12.6. The van der Waals surface area contributed by atoms with Crippen LogP contribution in [0.5, 0.6) is 0 Å². The minimum atomic E-state index is -1.62. The highest BCUT2D eigenvalue weighted by molar-refractivity contribution is 7.15. The molecular weight excluding hydrogens is 318 g/mol. The molecule has 0 fully saturated rings. The van der Waals surface area contributed by atoms with E-state index >= 15 is 0 Å². The largest absolute Gasteiger partial charge is 0.474 e. The van der Waals surface area contributed by atoms with Crippen molar-refractivity contribution in [2.45, 2.75) is 13.8 Å². The maximum Gasteiger partial charge on any atom is 0.394 e. The Morgan fingerprint density at radius 3 is 2.43 bits per heavy atom. The number of rotatable bonds is 4. The molecule has 2 rings (SSSR count). The number of hydrogen-bond acceptors (Lipinski definition) is 5. The van der Waals surface area contributed by atoms with E-state index in [1.807, 2.05) is 31.2 Å². The number of carboxylic acid groups (broad SMARTS) is 1. The van der Waals surface area contributed by atoms with Gasteiger partial charge in [-0.05, 0) is 19.4 Å². The lowest BCUT2D eigenvalue weighted by Crippen LogP contribution is -2.22. The number of carbonyl (C=O) groups is 3. The van der Waals surface area contributed by atoms with E-state index in [9.17, 15) is 14.4 Å². The second-order valence-electron chi connectivity index (χ2n) is 4.70. The maximum absolute atomic E-state index is 12.2. The maximum atomic E-state index is 12.2. The zero-order valence-corrected chi connectivity index (χ0v) is 13.4. The van der Waals surface area contributed by atoms with Crippen LogP contribution in [0.15, 0.2) is 29.6 Å². The van der Waals surface area contributed by atoms with Crippen molar-refractivity contribution >= 4 is 34.2 Å². The summed E-state index contributed by atoms with van der Waals surface area (Å²) in [7, 11) is 0. The Hall–Kier alpha value is -2.67. The fourth-order valence-corrected chi connectivity index (χ4v) is 2.91. The number of amides is 1. The molecule has 0 aliphatic rings. The third kappa shape index (κ3) is 3.75. The van der Waals surface area contributed by atoms with Crippen molar-refractivity contribution < 1.29 is 24.2 Å². The van der Waals surface area contributed by atoms with Crippen molar-refractivity contribution in [2.75, 3.05) is 11.9 Å². The molecule has 0 spiro atoms. The van der Waals surface area contributed by atoms with E-state index in [1.165, 1.54) is 0 Å². The van der Waals surface area contributed by atoms with Gasteiger partial charge in [0.05, 0.1) is 6.61 Å². The molecule has 0 unspecified atom stereocenters. The van der Waals surface area contributed by atoms with E-state index < -0.39 is 17.8 Å². The summed E-state index contributed by atoms with van der Waals surface area (Å²) in [6.07, 6.45) is 0. The quantitative estimate of drug-likeness (QED) is 0.663. The van der Waals surface area contributed by atoms with Crippen LogP contribution >= 0.6 is 11.3 Å². The van der Waals surface area contributed by atoms with Gasteiger partial charge in [-0.25, -0.2) is 9.59 Å². The van der Waals surface area contributed by atoms with Crippen LogP contribution in [0.4, 0.5) is 5.00 Å². The SMILES string of the molecule is CCOC(=O)c1c(-c2ccc(C)cc2)csc1NC(=O)C(=O)O. The number of aryl methyl sites for hydroxylation is 1. The number of nitrogens with one attached hydrogen (secondary N) is 1. The van der Waals surface area contributed by atoms with E-state index in [4.69, 9.17) is 9.84 Å². The zero-order chi connectivity index (χ0) is 17.0. The molecule has 1 amide bonds. The lowest BCUT2D eigenvalue weighted by atomic mass is 10.0. The molecule has 2 N–H and O–H groups in total. The van der Waals surface area contributed by atoms with Gasteiger partial charge < -0.3 is 15.2 Å². The summed E-state index contributed by atoms with van der Waals surface area (Å²) in [5.74, 6) is -3.43. The van der Waals surface area contributed by atoms with Gasteiger partial charge in [-0.15, -0.1) is 11.3 Å². The van der Waals surface area contributed by atoms with E-state index in [0.717, 1.165) is 22.5 Å². The van der Waals surface area contributed by atoms with Crippen molar-refractivity contribution in [1.82, 2.24) is 0 Å². The number of hydrogen-bond donors (Lipinski definition) is 2. The number of carbonyl (C=O) groups excluding carboxylic acids is 2. The minimum absolute atomic E-state index is 0.159. The average molecular weight is 333 g/mol. The first-order valence-electron chi connectivity index (χ1n) is 6.84. The van der Waals surface area contributed by atoms with Crippen LogP contribution in [0.25, 0.3) is 11.1 Å². The first kappa shape index (κ1) is 16.7. The van der Waals surface area contributed by atoms with Crippen molar-refractivity contribution in [1.29, 1.82) is 0 Å². The van der Waals surface area contributed by atoms with Crippen molar-refractivity contribution in [2.24, 2.45) is 0 Å². The molecule has 0 bridgehead atoms. The van der Waals surface area contributed by atoms with Gasteiger partial charge in [-0.3, -0.25) is 4.79 Å². The number of anilines is 1. The van der Waals surface area contributed by atoms with Crippen LogP contribution < -0.4 is 5.32 Å². The third-order valence-electron chi connectivity index (χ3n) is 3.05. The van der Waals surface area contributed by atoms with Gasteiger partial charge in [0.15, 0.2) is 0 Å². The van der Waals surface area contributed by atoms with Gasteiger partial charge in [-0.1, -0.05) is 29.8 Å². The number of esters is 1. The van der Waals surface area contributed by atoms with Crippen LogP contribution in [0.3, 0.4) is 0 Å². The minimum Gasteiger partial charge on any atom is -0.474 e. The molecule has 0 saturated carbocycles. The highest BCUT2D eigenvalue weighted by atomic mass is 32.1. The predicted molar refractivity (Wildman–Crippen MR) is 86.7 cm³/mol. The van der Waals surface area contributed by atoms with E-state index in [-0.39, 0.29) is 17.2 Å². The van der Waals surface area contributed by atoms with E-state index in [0.29, 0.717) is 5.56 Å². The van der Waals surface area contributed by atoms with Crippen LogP contribution in [0.1, 0.15) is 22.8 Å². The third-order valence-corrected chi connectivity index (χ3v) is 3.95. The Labute approximate surface area is 136 Å². The lowest BCUT2D eigenvalue weighted by molar-refractivity contribution is -0.147. The second-order valence-corrected chi connectivity index (χ2v) is 5.58. The molecule has 2 aromatic rings. The standard InChI is InChI=1S/C16H15NO5S/c1-3-22-16(21)12-11(10-6-4-9(2)5-7-10)8-23-14(12)17-13(18)15(19)20/h4-8H,3H2,1-2H3,(H,17,18)(H,19,20). The van der Waals surface area contributed by atoms with Crippen molar-refractivity contribution in [3.05, 3.63) is 40.8 Å². The molecule has 23 heavy (non-hydrogen) atoms. The van der Waals surface area contributed by atoms with Crippen LogP contribution in [0.2, 0.25) is 0 Å². The van der Waals surface area contributed by atoms with Crippen LogP contribution in [0, 0.1) is 6.92 Å². The summed E-state index contributed by atoms with van der Waals surface area (Å²) in [6, 6.07) is 7.50. The summed E-state index contributed by atoms with van der Waals surface area (Å²) in [5.41, 5.74) is 2.61. The van der Waals surface area contributed by atoms with Crippen LogP contribution in [-0.2, 0) is 14.3 Å². The van der Waals surface area contributed by atoms with Gasteiger partial charge in [0, 0.05) is 10.9 Å². The van der Waals surface area contributed by atoms with Gasteiger partial charge in [-0.2, -0.15) is 0 Å². The molecule has 1 aromatic heterocycles. The summed E-state index contributed by atoms with van der Waals surface area (Å²) < 4.78 is 5.02. The molecule has 0 aliphatic carbocycles. The van der Waals surface area contributed by atoms with Gasteiger partial charge in [0.2, 0.25) is 0 Å². The topological polar surface area (TPSA) is 92.7 Å². The molecule has 0 atom stereocenters. The highest BCUT2D eigenvalue weighted by Gasteiger charge is 2.24. The Morgan fingerprint density at radius 1 is 1.22 bits per heavy atom. The Balaban J connectivity index is 2.48. The fraction of sp³-hybridized carbons (Fsp3) is 0.188. The average Bonchev–Trinajstić information content (AvgIpc) is 2.91. The molecule has 0 saturated heterocycles. The monoisotopic (exact) mass is 333 g/mol. The smallest absolute Gasteiger partial charge is 0.394 e. The summed E-state index contributed by atoms with van der Waals surface area (Å²) in [4.78, 5) is 34.3. The Bertz CT molecular complexity index is 748. The number of benzene rings is 1. The number of ether oxygens (including phenoxy) is 1. The number of aliphatic carboxylic acids is 1. The first-order chi connectivity index (χ1) is 10.9. The second kappa shape index (κ2) is 7.06. The Morgan fingerprint density at radius 2 is 1.87 bits per heavy atom. The van der Waals surface area contributed by atoms with E-state index in [2.05, 4.69) is 5.32 Å². The summed E-state index contributed by atoms with van der Waals surface area (Å²) >= 11 is 1.08. The van der Waals surface area contributed by atoms with Gasteiger partial charge in [0.1, 0.15) is 10.6 Å². The molecule has 120 valence electrons. The number of carboxylic acids is 1. The molecule has 1 heterocycles. The van der Waals surface area contributed by atoms with Crippen molar-refractivity contribution in [3.63, 3.8) is 0 Å². The fourth-order valence-electron chi connectivity index (χ4n) is 1.96. The predicted octanol–water partition coefficient (Wildman–Crippen LogP) is 2.92. The summed E-state index contributed by atoms with van der Waals surface area (Å²) in [6.45, 7) is 3.79. The first-order valence-corrected chi connectivity index (χ1v) is 7.72. The van der Waals surface area contributed by atoms with Gasteiger partial charge >= 0.3 is 17.8 Å². The normalized spacial score (nSPS) is 10.2. The van der Waals surface area contributed by atoms with E-state index in [1.54, 1.807) is 12.3 Å². The lowest BCUT2D eigenvalue weighted by Gasteiger charge is -2.08. The molecule has 0 aliphatic heterocycles. The summed E-state index contributed by atoms with van der Waals surface area (Å²) in [5, 5.41) is 12.8.